The van der Waals surface area contributed by atoms with Crippen LogP contribution in [-0.2, 0) is 0 Å². The van der Waals surface area contributed by atoms with Crippen LogP contribution in [0.1, 0.15) is 39.5 Å². The maximum Gasteiger partial charge on any atom is 0.319 e. The van der Waals surface area contributed by atoms with Crippen molar-refractivity contribution >= 4 is 11.7 Å². The van der Waals surface area contributed by atoms with Gasteiger partial charge < -0.3 is 16.0 Å². The largest absolute Gasteiger partial charge is 0.338 e. The summed E-state index contributed by atoms with van der Waals surface area (Å²) in [5, 5.41) is 7.99. The molecule has 0 bridgehead atoms. The third-order valence-corrected chi connectivity index (χ3v) is 2.71. The molecule has 0 radical (unpaired) electrons. The fourth-order valence-corrected chi connectivity index (χ4v) is 1.71. The minimum absolute atomic E-state index is 0.172. The van der Waals surface area contributed by atoms with E-state index in [2.05, 4.69) is 16.0 Å². The average molecular weight is 269 g/mol. The zero-order valence-electron chi connectivity index (χ0n) is 17.3. The second-order valence-corrected chi connectivity index (χ2v) is 4.39. The molecule has 0 heterocycles. The first-order valence-electron chi connectivity index (χ1n) is 9.27. The number of rotatable bonds is 6. The molecule has 0 unspecified atom stereocenters. The summed E-state index contributed by atoms with van der Waals surface area (Å²) in [4.78, 5) is 11.9. The zero-order valence-corrected chi connectivity index (χ0v) is 11.3. The van der Waals surface area contributed by atoms with Gasteiger partial charge in [0.05, 0.1) is 0 Å². The van der Waals surface area contributed by atoms with Crippen molar-refractivity contribution in [2.45, 2.75) is 40.0 Å². The van der Waals surface area contributed by atoms with Gasteiger partial charge in [0.25, 0.3) is 0 Å². The molecule has 0 aliphatic rings. The van der Waals surface area contributed by atoms with Gasteiger partial charge in [-0.15, -0.1) is 0 Å². The Labute approximate surface area is 124 Å². The second kappa shape index (κ2) is 7.79. The van der Waals surface area contributed by atoms with Gasteiger partial charge in [0.15, 0.2) is 0 Å². The van der Waals surface area contributed by atoms with Crippen LogP contribution < -0.4 is 16.0 Å². The van der Waals surface area contributed by atoms with E-state index in [1.54, 1.807) is 0 Å². The second-order valence-electron chi connectivity index (χ2n) is 4.39. The molecule has 4 heteroatoms. The van der Waals surface area contributed by atoms with E-state index in [9.17, 15) is 4.79 Å². The van der Waals surface area contributed by atoms with Crippen LogP contribution in [0.2, 0.25) is 0 Å². The van der Waals surface area contributed by atoms with E-state index in [-0.39, 0.29) is 12.6 Å². The Morgan fingerprint density at radius 1 is 1.26 bits per heavy atom. The first kappa shape index (κ1) is 8.59. The lowest BCUT2D eigenvalue weighted by Crippen LogP contribution is -2.32. The number of carbonyl (C=O) groups excluding carboxylic acids is 1. The number of benzene rings is 1. The fraction of sp³-hybridized carbons (Fsp3) is 0.533. The summed E-state index contributed by atoms with van der Waals surface area (Å²) in [6, 6.07) is 3.77. The lowest BCUT2D eigenvalue weighted by Gasteiger charge is -2.13. The molecule has 3 N–H and O–H groups in total. The van der Waals surface area contributed by atoms with Crippen molar-refractivity contribution < 1.29 is 13.0 Å². The Balaban J connectivity index is 2.39. The van der Waals surface area contributed by atoms with Gasteiger partial charge >= 0.3 is 6.03 Å². The molecule has 19 heavy (non-hydrogen) atoms. The molecular weight excluding hydrogens is 238 g/mol. The van der Waals surface area contributed by atoms with E-state index in [1.807, 2.05) is 32.0 Å². The van der Waals surface area contributed by atoms with Crippen molar-refractivity contribution in [3.8, 4) is 0 Å². The number of carbonyl (C=O) groups is 1. The van der Waals surface area contributed by atoms with Gasteiger partial charge in [-0.05, 0) is 37.9 Å². The van der Waals surface area contributed by atoms with Crippen LogP contribution in [0.15, 0.2) is 18.2 Å². The highest BCUT2D eigenvalue weighted by Crippen LogP contribution is 2.18. The Bertz CT molecular complexity index is 551. The number of para-hydroxylation sites is 1. The quantitative estimate of drug-likeness (QED) is 0.696. The summed E-state index contributed by atoms with van der Waals surface area (Å²) >= 11 is 0. The SMILES string of the molecule is [2H]C([2H])([2H])C(NCCCNC(=O)Nc1c(C)cccc1C)C([2H])([2H])[2H]. The summed E-state index contributed by atoms with van der Waals surface area (Å²) < 4.78 is 43.7. The molecule has 2 amide bonds. The number of hydrogen-bond acceptors (Lipinski definition) is 2. The van der Waals surface area contributed by atoms with Crippen molar-refractivity contribution in [3.63, 3.8) is 0 Å². The Hall–Kier alpha value is -1.55. The van der Waals surface area contributed by atoms with E-state index in [0.29, 0.717) is 13.0 Å². The van der Waals surface area contributed by atoms with Crippen LogP contribution in [-0.4, -0.2) is 25.2 Å². The van der Waals surface area contributed by atoms with Crippen molar-refractivity contribution in [2.24, 2.45) is 0 Å². The highest BCUT2D eigenvalue weighted by Gasteiger charge is 2.05. The summed E-state index contributed by atoms with van der Waals surface area (Å²) in [7, 11) is 0. The van der Waals surface area contributed by atoms with Crippen molar-refractivity contribution in [1.82, 2.24) is 10.6 Å². The highest BCUT2D eigenvalue weighted by atomic mass is 16.2. The molecule has 1 rings (SSSR count). The maximum absolute atomic E-state index is 11.9. The fourth-order valence-electron chi connectivity index (χ4n) is 1.71. The van der Waals surface area contributed by atoms with Crippen LogP contribution in [0.25, 0.3) is 0 Å². The highest BCUT2D eigenvalue weighted by molar-refractivity contribution is 5.90. The van der Waals surface area contributed by atoms with E-state index < -0.39 is 19.7 Å². The maximum atomic E-state index is 11.9. The predicted molar refractivity (Wildman–Crippen MR) is 80.7 cm³/mol. The van der Waals surface area contributed by atoms with Crippen LogP contribution in [0.4, 0.5) is 10.5 Å². The van der Waals surface area contributed by atoms with Crippen LogP contribution >= 0.6 is 0 Å². The molecule has 0 saturated heterocycles. The number of aryl methyl sites for hydroxylation is 2. The molecule has 1 aromatic carbocycles. The van der Waals surface area contributed by atoms with Gasteiger partial charge in [-0.3, -0.25) is 0 Å². The Kier molecular flexibility index (Phi) is 3.52. The summed E-state index contributed by atoms with van der Waals surface area (Å²) in [5.74, 6) is 0. The minimum atomic E-state index is -2.61. The van der Waals surface area contributed by atoms with Gasteiger partial charge in [-0.1, -0.05) is 31.9 Å². The molecule has 0 saturated carbocycles. The van der Waals surface area contributed by atoms with E-state index in [0.717, 1.165) is 16.8 Å². The molecule has 0 aliphatic carbocycles. The van der Waals surface area contributed by atoms with Crippen LogP contribution in [0, 0.1) is 13.8 Å². The normalized spacial score (nSPS) is 16.6. The molecule has 0 aliphatic heterocycles. The number of urea groups is 1. The predicted octanol–water partition coefficient (Wildman–Crippen LogP) is 2.81. The zero-order chi connectivity index (χ0) is 19.3. The molecule has 0 atom stereocenters. The lowest BCUT2D eigenvalue weighted by atomic mass is 10.1. The van der Waals surface area contributed by atoms with E-state index in [1.165, 1.54) is 0 Å². The Morgan fingerprint density at radius 3 is 2.58 bits per heavy atom. The van der Waals surface area contributed by atoms with Gasteiger partial charge in [-0.25, -0.2) is 4.79 Å². The topological polar surface area (TPSA) is 53.2 Å². The smallest absolute Gasteiger partial charge is 0.319 e. The van der Waals surface area contributed by atoms with Gasteiger partial charge in [-0.2, -0.15) is 0 Å². The minimum Gasteiger partial charge on any atom is -0.338 e. The van der Waals surface area contributed by atoms with Gasteiger partial charge in [0, 0.05) is 26.5 Å². The summed E-state index contributed by atoms with van der Waals surface area (Å²) in [6.45, 7) is -0.965. The number of anilines is 1. The van der Waals surface area contributed by atoms with Gasteiger partial charge in [0.1, 0.15) is 0 Å². The van der Waals surface area contributed by atoms with Crippen molar-refractivity contribution in [2.75, 3.05) is 18.4 Å². The Morgan fingerprint density at radius 2 is 1.95 bits per heavy atom. The van der Waals surface area contributed by atoms with E-state index >= 15 is 0 Å². The molecular formula is C15H25N3O. The van der Waals surface area contributed by atoms with Crippen LogP contribution in [0.5, 0.6) is 0 Å². The van der Waals surface area contributed by atoms with Crippen molar-refractivity contribution in [1.29, 1.82) is 0 Å². The monoisotopic (exact) mass is 269 g/mol. The number of amides is 2. The molecule has 1 aromatic rings. The van der Waals surface area contributed by atoms with Crippen LogP contribution in [0.3, 0.4) is 0 Å². The number of nitrogens with one attached hydrogen (secondary N) is 3. The van der Waals surface area contributed by atoms with Crippen molar-refractivity contribution in [3.05, 3.63) is 29.3 Å². The molecule has 0 spiro atoms. The summed E-state index contributed by atoms with van der Waals surface area (Å²) in [5.41, 5.74) is 2.66. The molecule has 106 valence electrons. The summed E-state index contributed by atoms with van der Waals surface area (Å²) in [6.07, 6.45) is 0.406. The molecule has 0 fully saturated rings. The van der Waals surface area contributed by atoms with E-state index in [4.69, 9.17) is 8.22 Å². The third kappa shape index (κ3) is 5.75. The first-order chi connectivity index (χ1) is 11.4. The lowest BCUT2D eigenvalue weighted by molar-refractivity contribution is 0.252. The average Bonchev–Trinajstić information content (AvgIpc) is 2.44. The van der Waals surface area contributed by atoms with Gasteiger partial charge in [0.2, 0.25) is 0 Å². The number of hydrogen-bond donors (Lipinski definition) is 3. The molecule has 0 aromatic heterocycles. The molecule has 4 nitrogen and oxygen atoms in total. The standard InChI is InChI=1S/C15H25N3O/c1-11(2)16-9-6-10-17-15(19)18-14-12(3)7-5-8-13(14)4/h5,7-8,11,16H,6,9-10H2,1-4H3,(H2,17,18,19)/i1D3,2D3. The third-order valence-electron chi connectivity index (χ3n) is 2.71. The first-order valence-corrected chi connectivity index (χ1v) is 6.27.